The number of alkyl halides is 3. The molecular weight excluding hydrogens is 233 g/mol. The van der Waals surface area contributed by atoms with Crippen LogP contribution in [0.3, 0.4) is 0 Å². The summed E-state index contributed by atoms with van der Waals surface area (Å²) < 4.78 is 35.5. The highest BCUT2D eigenvalue weighted by Crippen LogP contribution is 2.20. The summed E-state index contributed by atoms with van der Waals surface area (Å²) in [6, 6.07) is 0.395. The van der Waals surface area contributed by atoms with E-state index in [9.17, 15) is 18.0 Å². The molecular formula is C11H19F3N2O. The molecule has 1 aliphatic heterocycles. The van der Waals surface area contributed by atoms with Crippen molar-refractivity contribution in [3.8, 4) is 0 Å². The summed E-state index contributed by atoms with van der Waals surface area (Å²) in [6.45, 7) is 1.45. The van der Waals surface area contributed by atoms with Crippen LogP contribution in [0.1, 0.15) is 38.5 Å². The fraction of sp³-hybridized carbons (Fsp3) is 0.909. The van der Waals surface area contributed by atoms with E-state index in [1.807, 2.05) is 0 Å². The summed E-state index contributed by atoms with van der Waals surface area (Å²) in [6.07, 6.45) is -1.53. The number of halogens is 3. The summed E-state index contributed by atoms with van der Waals surface area (Å²) in [4.78, 5) is 11.1. The van der Waals surface area contributed by atoms with Crippen LogP contribution in [0.25, 0.3) is 0 Å². The Bertz CT molecular complexity index is 237. The standard InChI is InChI=1S/C11H19F3N2O/c12-11(13,14)6-4-10(17)16-8-5-9-3-1-2-7-15-9/h9,15H,1-8H2,(H,16,17). The molecule has 1 heterocycles. The van der Waals surface area contributed by atoms with E-state index in [1.165, 1.54) is 12.8 Å². The molecule has 1 unspecified atom stereocenters. The van der Waals surface area contributed by atoms with Gasteiger partial charge in [0.2, 0.25) is 5.91 Å². The SMILES string of the molecule is O=C(CCC(F)(F)F)NCCC1CCCCN1. The van der Waals surface area contributed by atoms with Gasteiger partial charge in [-0.25, -0.2) is 0 Å². The lowest BCUT2D eigenvalue weighted by molar-refractivity contribution is -0.144. The van der Waals surface area contributed by atoms with Crippen molar-refractivity contribution >= 4 is 5.91 Å². The number of hydrogen-bond acceptors (Lipinski definition) is 2. The van der Waals surface area contributed by atoms with Crippen LogP contribution in [0.4, 0.5) is 13.2 Å². The molecule has 1 rings (SSSR count). The van der Waals surface area contributed by atoms with Crippen LogP contribution in [0.5, 0.6) is 0 Å². The molecule has 3 nitrogen and oxygen atoms in total. The molecule has 6 heteroatoms. The fourth-order valence-electron chi connectivity index (χ4n) is 1.90. The topological polar surface area (TPSA) is 41.1 Å². The third kappa shape index (κ3) is 7.20. The summed E-state index contributed by atoms with van der Waals surface area (Å²) in [5, 5.41) is 5.84. The van der Waals surface area contributed by atoms with E-state index in [-0.39, 0.29) is 0 Å². The van der Waals surface area contributed by atoms with Crippen molar-refractivity contribution in [2.45, 2.75) is 50.7 Å². The second-order valence-electron chi connectivity index (χ2n) is 4.40. The van der Waals surface area contributed by atoms with Crippen molar-refractivity contribution in [2.24, 2.45) is 0 Å². The molecule has 0 radical (unpaired) electrons. The Hall–Kier alpha value is -0.780. The molecule has 1 saturated heterocycles. The van der Waals surface area contributed by atoms with E-state index >= 15 is 0 Å². The molecule has 17 heavy (non-hydrogen) atoms. The first kappa shape index (κ1) is 14.3. The van der Waals surface area contributed by atoms with E-state index in [4.69, 9.17) is 0 Å². The van der Waals surface area contributed by atoms with Gasteiger partial charge < -0.3 is 10.6 Å². The number of piperidine rings is 1. The zero-order valence-corrected chi connectivity index (χ0v) is 9.78. The van der Waals surface area contributed by atoms with Crippen molar-refractivity contribution < 1.29 is 18.0 Å². The highest BCUT2D eigenvalue weighted by Gasteiger charge is 2.27. The molecule has 1 atom stereocenters. The normalized spacial score (nSPS) is 21.2. The Morgan fingerprint density at radius 1 is 1.35 bits per heavy atom. The number of nitrogens with one attached hydrogen (secondary N) is 2. The van der Waals surface area contributed by atoms with Gasteiger partial charge in [-0.15, -0.1) is 0 Å². The van der Waals surface area contributed by atoms with Crippen LogP contribution < -0.4 is 10.6 Å². The molecule has 0 saturated carbocycles. The van der Waals surface area contributed by atoms with Gasteiger partial charge in [-0.05, 0) is 25.8 Å². The number of amides is 1. The summed E-state index contributed by atoms with van der Waals surface area (Å²) in [5.74, 6) is -0.516. The van der Waals surface area contributed by atoms with Crippen LogP contribution in [0.2, 0.25) is 0 Å². The number of hydrogen-bond donors (Lipinski definition) is 2. The molecule has 0 aromatic carbocycles. The first-order valence-corrected chi connectivity index (χ1v) is 6.04. The molecule has 0 spiro atoms. The summed E-state index contributed by atoms with van der Waals surface area (Å²) >= 11 is 0. The van der Waals surface area contributed by atoms with Gasteiger partial charge in [0.1, 0.15) is 0 Å². The van der Waals surface area contributed by atoms with Gasteiger partial charge in [0.15, 0.2) is 0 Å². The third-order valence-electron chi connectivity index (χ3n) is 2.86. The second-order valence-corrected chi connectivity index (χ2v) is 4.40. The smallest absolute Gasteiger partial charge is 0.356 e. The lowest BCUT2D eigenvalue weighted by Gasteiger charge is -2.23. The zero-order chi connectivity index (χ0) is 12.7. The Balaban J connectivity index is 2.03. The monoisotopic (exact) mass is 252 g/mol. The number of rotatable bonds is 5. The number of carbonyl (C=O) groups excluding carboxylic acids is 1. The Kier molecular flexibility index (Phi) is 5.74. The molecule has 0 aliphatic carbocycles. The van der Waals surface area contributed by atoms with Gasteiger partial charge in [0.05, 0.1) is 6.42 Å². The number of carbonyl (C=O) groups is 1. The average molecular weight is 252 g/mol. The summed E-state index contributed by atoms with van der Waals surface area (Å²) in [7, 11) is 0. The van der Waals surface area contributed by atoms with Crippen LogP contribution in [-0.4, -0.2) is 31.2 Å². The van der Waals surface area contributed by atoms with Gasteiger partial charge in [-0.2, -0.15) is 13.2 Å². The molecule has 0 aromatic heterocycles. The molecule has 1 aliphatic rings. The van der Waals surface area contributed by atoms with E-state index < -0.39 is 24.9 Å². The van der Waals surface area contributed by atoms with E-state index in [0.717, 1.165) is 19.4 Å². The second kappa shape index (κ2) is 6.83. The Morgan fingerprint density at radius 3 is 2.71 bits per heavy atom. The van der Waals surface area contributed by atoms with Crippen LogP contribution in [-0.2, 0) is 4.79 Å². The predicted molar refractivity (Wildman–Crippen MR) is 58.6 cm³/mol. The van der Waals surface area contributed by atoms with Crippen LogP contribution >= 0.6 is 0 Å². The van der Waals surface area contributed by atoms with Crippen molar-refractivity contribution in [2.75, 3.05) is 13.1 Å². The third-order valence-corrected chi connectivity index (χ3v) is 2.86. The van der Waals surface area contributed by atoms with Crippen molar-refractivity contribution in [3.05, 3.63) is 0 Å². The van der Waals surface area contributed by atoms with Gasteiger partial charge in [0.25, 0.3) is 0 Å². The highest BCUT2D eigenvalue weighted by atomic mass is 19.4. The predicted octanol–water partition coefficient (Wildman–Crippen LogP) is 1.98. The zero-order valence-electron chi connectivity index (χ0n) is 9.78. The lowest BCUT2D eigenvalue weighted by atomic mass is 10.0. The minimum atomic E-state index is -4.25. The maximum Gasteiger partial charge on any atom is 0.389 e. The molecule has 2 N–H and O–H groups in total. The van der Waals surface area contributed by atoms with Gasteiger partial charge in [-0.1, -0.05) is 6.42 Å². The van der Waals surface area contributed by atoms with E-state index in [2.05, 4.69) is 10.6 Å². The molecule has 0 aromatic rings. The van der Waals surface area contributed by atoms with Crippen molar-refractivity contribution in [1.29, 1.82) is 0 Å². The molecule has 1 fully saturated rings. The molecule has 100 valence electrons. The first-order valence-electron chi connectivity index (χ1n) is 6.04. The highest BCUT2D eigenvalue weighted by molar-refractivity contribution is 5.75. The van der Waals surface area contributed by atoms with Crippen LogP contribution in [0, 0.1) is 0 Å². The van der Waals surface area contributed by atoms with E-state index in [0.29, 0.717) is 12.6 Å². The Morgan fingerprint density at radius 2 is 2.12 bits per heavy atom. The van der Waals surface area contributed by atoms with E-state index in [1.54, 1.807) is 0 Å². The molecule has 1 amide bonds. The van der Waals surface area contributed by atoms with Crippen molar-refractivity contribution in [3.63, 3.8) is 0 Å². The van der Waals surface area contributed by atoms with Gasteiger partial charge >= 0.3 is 6.18 Å². The maximum atomic E-state index is 11.8. The summed E-state index contributed by atoms with van der Waals surface area (Å²) in [5.41, 5.74) is 0. The average Bonchev–Trinajstić information content (AvgIpc) is 2.27. The molecule has 0 bridgehead atoms. The minimum Gasteiger partial charge on any atom is -0.356 e. The quantitative estimate of drug-likeness (QED) is 0.785. The van der Waals surface area contributed by atoms with Crippen molar-refractivity contribution in [1.82, 2.24) is 10.6 Å². The largest absolute Gasteiger partial charge is 0.389 e. The lowest BCUT2D eigenvalue weighted by Crippen LogP contribution is -2.37. The first-order chi connectivity index (χ1) is 7.97. The minimum absolute atomic E-state index is 0.395. The van der Waals surface area contributed by atoms with Crippen LogP contribution in [0.15, 0.2) is 0 Å². The van der Waals surface area contributed by atoms with Gasteiger partial charge in [-0.3, -0.25) is 4.79 Å². The Labute approximate surface area is 99.1 Å². The maximum absolute atomic E-state index is 11.8. The van der Waals surface area contributed by atoms with Gasteiger partial charge in [0, 0.05) is 19.0 Å². The fourth-order valence-corrected chi connectivity index (χ4v) is 1.90.